The maximum absolute atomic E-state index is 11.5. The van der Waals surface area contributed by atoms with Crippen LogP contribution < -0.4 is 0 Å². The molecule has 1 fully saturated rings. The van der Waals surface area contributed by atoms with Gasteiger partial charge in [-0.15, -0.1) is 6.58 Å². The molecule has 15 heavy (non-hydrogen) atoms. The lowest BCUT2D eigenvalue weighted by atomic mass is 10.0. The number of unbranched alkanes of at least 4 members (excludes halogenated alkanes) is 1. The van der Waals surface area contributed by atoms with Gasteiger partial charge in [0, 0.05) is 0 Å². The lowest BCUT2D eigenvalue weighted by Gasteiger charge is -2.33. The van der Waals surface area contributed by atoms with Gasteiger partial charge in [-0.05, 0) is 38.8 Å². The maximum atomic E-state index is 11.5. The number of likely N-dealkylation sites (tertiary alicyclic amines) is 1. The average Bonchev–Trinajstić information content (AvgIpc) is 2.29. The first-order valence-corrected chi connectivity index (χ1v) is 5.72. The molecule has 86 valence electrons. The van der Waals surface area contributed by atoms with Crippen molar-refractivity contribution in [2.24, 2.45) is 0 Å². The van der Waals surface area contributed by atoms with Gasteiger partial charge in [0.05, 0.1) is 7.11 Å². The van der Waals surface area contributed by atoms with Crippen molar-refractivity contribution in [2.75, 3.05) is 20.2 Å². The second-order valence-corrected chi connectivity index (χ2v) is 4.00. The van der Waals surface area contributed by atoms with Crippen molar-refractivity contribution in [3.8, 4) is 0 Å². The number of rotatable bonds is 5. The van der Waals surface area contributed by atoms with Crippen LogP contribution in [0.15, 0.2) is 12.7 Å². The number of esters is 1. The summed E-state index contributed by atoms with van der Waals surface area (Å²) in [7, 11) is 1.47. The van der Waals surface area contributed by atoms with Gasteiger partial charge in [0.15, 0.2) is 0 Å². The molecule has 0 radical (unpaired) electrons. The summed E-state index contributed by atoms with van der Waals surface area (Å²) in [5.41, 5.74) is 0. The van der Waals surface area contributed by atoms with Crippen molar-refractivity contribution in [3.63, 3.8) is 0 Å². The Morgan fingerprint density at radius 3 is 3.07 bits per heavy atom. The minimum Gasteiger partial charge on any atom is -0.468 e. The van der Waals surface area contributed by atoms with Gasteiger partial charge in [-0.2, -0.15) is 0 Å². The summed E-state index contributed by atoms with van der Waals surface area (Å²) >= 11 is 0. The zero-order valence-electron chi connectivity index (χ0n) is 9.58. The van der Waals surface area contributed by atoms with Crippen LogP contribution >= 0.6 is 0 Å². The summed E-state index contributed by atoms with van der Waals surface area (Å²) < 4.78 is 4.83. The largest absolute Gasteiger partial charge is 0.468 e. The Kier molecular flexibility index (Phi) is 5.40. The highest BCUT2D eigenvalue weighted by molar-refractivity contribution is 5.75. The van der Waals surface area contributed by atoms with Crippen LogP contribution in [0.25, 0.3) is 0 Å². The topological polar surface area (TPSA) is 29.5 Å². The smallest absolute Gasteiger partial charge is 0.323 e. The maximum Gasteiger partial charge on any atom is 0.323 e. The second-order valence-electron chi connectivity index (χ2n) is 4.00. The van der Waals surface area contributed by atoms with E-state index < -0.39 is 0 Å². The van der Waals surface area contributed by atoms with Crippen molar-refractivity contribution < 1.29 is 9.53 Å². The van der Waals surface area contributed by atoms with Gasteiger partial charge < -0.3 is 4.74 Å². The van der Waals surface area contributed by atoms with E-state index in [4.69, 9.17) is 4.74 Å². The van der Waals surface area contributed by atoms with E-state index in [1.807, 2.05) is 6.08 Å². The van der Waals surface area contributed by atoms with Crippen LogP contribution in [0.4, 0.5) is 0 Å². The fourth-order valence-electron chi connectivity index (χ4n) is 2.10. The SMILES string of the molecule is C=CCCCN1CCCCC1C(=O)OC. The molecule has 0 aromatic heterocycles. The van der Waals surface area contributed by atoms with Crippen molar-refractivity contribution in [2.45, 2.75) is 38.1 Å². The molecule has 0 saturated carbocycles. The predicted octanol–water partition coefficient (Wildman–Crippen LogP) is 1.98. The normalized spacial score (nSPS) is 22.3. The van der Waals surface area contributed by atoms with E-state index in [2.05, 4.69) is 11.5 Å². The van der Waals surface area contributed by atoms with E-state index in [0.717, 1.165) is 38.8 Å². The van der Waals surface area contributed by atoms with Gasteiger partial charge in [-0.25, -0.2) is 0 Å². The van der Waals surface area contributed by atoms with Crippen molar-refractivity contribution >= 4 is 5.97 Å². The molecule has 3 nitrogen and oxygen atoms in total. The molecule has 0 N–H and O–H groups in total. The molecule has 0 spiro atoms. The summed E-state index contributed by atoms with van der Waals surface area (Å²) in [6.45, 7) is 5.71. The zero-order valence-corrected chi connectivity index (χ0v) is 9.58. The molecular formula is C12H21NO2. The predicted molar refractivity (Wildman–Crippen MR) is 60.7 cm³/mol. The third kappa shape index (κ3) is 3.67. The highest BCUT2D eigenvalue weighted by Crippen LogP contribution is 2.18. The number of hydrogen-bond donors (Lipinski definition) is 0. The Morgan fingerprint density at radius 2 is 2.40 bits per heavy atom. The Bertz CT molecular complexity index is 216. The third-order valence-electron chi connectivity index (χ3n) is 2.94. The first-order valence-electron chi connectivity index (χ1n) is 5.72. The molecule has 1 aliphatic rings. The van der Waals surface area contributed by atoms with Gasteiger partial charge in [0.25, 0.3) is 0 Å². The Morgan fingerprint density at radius 1 is 1.60 bits per heavy atom. The molecular weight excluding hydrogens is 190 g/mol. The number of hydrogen-bond acceptors (Lipinski definition) is 3. The number of carbonyl (C=O) groups is 1. The number of carbonyl (C=O) groups excluding carboxylic acids is 1. The van der Waals surface area contributed by atoms with Crippen molar-refractivity contribution in [1.82, 2.24) is 4.90 Å². The first kappa shape index (κ1) is 12.2. The number of piperidine rings is 1. The molecule has 0 amide bonds. The standard InChI is InChI=1S/C12H21NO2/c1-3-4-6-9-13-10-7-5-8-11(13)12(14)15-2/h3,11H,1,4-10H2,2H3. The lowest BCUT2D eigenvalue weighted by Crippen LogP contribution is -2.45. The minimum atomic E-state index is -0.0756. The summed E-state index contributed by atoms with van der Waals surface area (Å²) in [4.78, 5) is 13.8. The number of methoxy groups -OCH3 is 1. The van der Waals surface area contributed by atoms with Gasteiger partial charge in [0.1, 0.15) is 6.04 Å². The molecule has 3 heteroatoms. The quantitative estimate of drug-likeness (QED) is 0.395. The molecule has 0 aliphatic carbocycles. The number of ether oxygens (including phenoxy) is 1. The van der Waals surface area contributed by atoms with Crippen LogP contribution in [0, 0.1) is 0 Å². The summed E-state index contributed by atoms with van der Waals surface area (Å²) in [5.74, 6) is -0.0756. The molecule has 1 heterocycles. The van der Waals surface area contributed by atoms with Crippen molar-refractivity contribution in [3.05, 3.63) is 12.7 Å². The van der Waals surface area contributed by atoms with E-state index in [0.29, 0.717) is 0 Å². The van der Waals surface area contributed by atoms with E-state index in [1.165, 1.54) is 13.5 Å². The van der Waals surface area contributed by atoms with Gasteiger partial charge in [-0.3, -0.25) is 9.69 Å². The zero-order chi connectivity index (χ0) is 11.1. The molecule has 1 rings (SSSR count). The van der Waals surface area contributed by atoms with Crippen LogP contribution in [0.2, 0.25) is 0 Å². The molecule has 0 aromatic rings. The fraction of sp³-hybridized carbons (Fsp3) is 0.750. The molecule has 0 aromatic carbocycles. The van der Waals surface area contributed by atoms with Crippen LogP contribution in [0.5, 0.6) is 0 Å². The van der Waals surface area contributed by atoms with Gasteiger partial charge in [0.2, 0.25) is 0 Å². The fourth-order valence-corrected chi connectivity index (χ4v) is 2.10. The Balaban J connectivity index is 2.42. The molecule has 1 atom stereocenters. The summed E-state index contributed by atoms with van der Waals surface area (Å²) in [6.07, 6.45) is 7.30. The van der Waals surface area contributed by atoms with Crippen LogP contribution in [-0.2, 0) is 9.53 Å². The highest BCUT2D eigenvalue weighted by Gasteiger charge is 2.28. The number of allylic oxidation sites excluding steroid dienone is 1. The lowest BCUT2D eigenvalue weighted by molar-refractivity contribution is -0.148. The van der Waals surface area contributed by atoms with E-state index in [9.17, 15) is 4.79 Å². The van der Waals surface area contributed by atoms with Gasteiger partial charge in [-0.1, -0.05) is 12.5 Å². The summed E-state index contributed by atoms with van der Waals surface area (Å²) in [5, 5.41) is 0. The van der Waals surface area contributed by atoms with E-state index in [1.54, 1.807) is 0 Å². The monoisotopic (exact) mass is 211 g/mol. The van der Waals surface area contributed by atoms with Crippen molar-refractivity contribution in [1.29, 1.82) is 0 Å². The van der Waals surface area contributed by atoms with Crippen LogP contribution in [0.1, 0.15) is 32.1 Å². The molecule has 1 aliphatic heterocycles. The molecule has 1 saturated heterocycles. The molecule has 1 unspecified atom stereocenters. The highest BCUT2D eigenvalue weighted by atomic mass is 16.5. The number of nitrogens with zero attached hydrogens (tertiary/aromatic N) is 1. The van der Waals surface area contributed by atoms with Gasteiger partial charge >= 0.3 is 5.97 Å². The van der Waals surface area contributed by atoms with Crippen LogP contribution in [0.3, 0.4) is 0 Å². The molecule has 0 bridgehead atoms. The average molecular weight is 211 g/mol. The van der Waals surface area contributed by atoms with Crippen LogP contribution in [-0.4, -0.2) is 37.1 Å². The Labute approximate surface area is 92.1 Å². The first-order chi connectivity index (χ1) is 7.29. The summed E-state index contributed by atoms with van der Waals surface area (Å²) in [6, 6.07) is -0.00596. The van der Waals surface area contributed by atoms with E-state index in [-0.39, 0.29) is 12.0 Å². The minimum absolute atomic E-state index is 0.00596. The Hall–Kier alpha value is -0.830. The second kappa shape index (κ2) is 6.62. The van der Waals surface area contributed by atoms with E-state index >= 15 is 0 Å². The third-order valence-corrected chi connectivity index (χ3v) is 2.94.